The van der Waals surface area contributed by atoms with Gasteiger partial charge in [0.05, 0.1) is 17.5 Å². The van der Waals surface area contributed by atoms with Gasteiger partial charge in [0.25, 0.3) is 0 Å². The zero-order valence-electron chi connectivity index (χ0n) is 19.4. The first-order valence-electron chi connectivity index (χ1n) is 11.0. The molecule has 1 amide bonds. The van der Waals surface area contributed by atoms with Gasteiger partial charge in [-0.2, -0.15) is 27.1 Å². The quantitative estimate of drug-likeness (QED) is 0.385. The van der Waals surface area contributed by atoms with E-state index in [1.165, 1.54) is 10.7 Å². The second-order valence-corrected chi connectivity index (χ2v) is 8.90. The van der Waals surface area contributed by atoms with Gasteiger partial charge in [-0.15, -0.1) is 0 Å². The molecule has 0 spiro atoms. The van der Waals surface area contributed by atoms with Gasteiger partial charge in [-0.3, -0.25) is 4.79 Å². The highest BCUT2D eigenvalue weighted by atomic mass is 19.4. The monoisotopic (exact) mass is 518 g/mol. The number of aromatic nitrogens is 6. The first-order chi connectivity index (χ1) is 17.3. The predicted molar refractivity (Wildman–Crippen MR) is 122 cm³/mol. The summed E-state index contributed by atoms with van der Waals surface area (Å²) in [6, 6.07) is 7.33. The number of nitrogen functional groups attached to an aromatic ring is 1. The molecule has 1 atom stereocenters. The third kappa shape index (κ3) is 3.92. The van der Waals surface area contributed by atoms with Gasteiger partial charge in [0.2, 0.25) is 5.91 Å². The molecule has 0 saturated heterocycles. The number of fused-ring (bicyclic) bond motifs is 2. The maximum atomic E-state index is 13.6. The van der Waals surface area contributed by atoms with Crippen molar-refractivity contribution in [2.24, 2.45) is 0 Å². The number of hydrogen-bond donors (Lipinski definition) is 2. The maximum absolute atomic E-state index is 13.6. The molecule has 192 valence electrons. The minimum Gasteiger partial charge on any atom is -0.383 e. The lowest BCUT2D eigenvalue weighted by Crippen LogP contribution is -2.36. The zero-order chi connectivity index (χ0) is 26.8. The van der Waals surface area contributed by atoms with Crippen molar-refractivity contribution < 1.29 is 26.7 Å². The van der Waals surface area contributed by atoms with Gasteiger partial charge in [0.15, 0.2) is 11.5 Å². The number of halogens is 5. The molecule has 0 radical (unpaired) electrons. The van der Waals surface area contributed by atoms with Gasteiger partial charge >= 0.3 is 12.1 Å². The third-order valence-corrected chi connectivity index (χ3v) is 6.40. The fourth-order valence-electron chi connectivity index (χ4n) is 4.27. The number of alkyl halides is 5. The molecular weight excluding hydrogens is 499 g/mol. The summed E-state index contributed by atoms with van der Waals surface area (Å²) in [5.74, 6) is -5.25. The van der Waals surface area contributed by atoms with Crippen LogP contribution in [0.3, 0.4) is 0 Å². The van der Waals surface area contributed by atoms with Gasteiger partial charge in [-0.25, -0.2) is 24.5 Å². The van der Waals surface area contributed by atoms with Crippen molar-refractivity contribution >= 4 is 23.2 Å². The van der Waals surface area contributed by atoms with Crippen LogP contribution in [0.1, 0.15) is 35.7 Å². The van der Waals surface area contributed by atoms with Crippen molar-refractivity contribution in [3.8, 4) is 11.5 Å². The maximum Gasteiger partial charge on any atom is 0.453 e. The second kappa shape index (κ2) is 8.15. The Morgan fingerprint density at radius 1 is 1.08 bits per heavy atom. The molecule has 0 aliphatic carbocycles. The van der Waals surface area contributed by atoms with Crippen LogP contribution in [0, 0.1) is 6.92 Å². The predicted octanol–water partition coefficient (Wildman–Crippen LogP) is 3.86. The molecule has 0 unspecified atom stereocenters. The van der Waals surface area contributed by atoms with Crippen molar-refractivity contribution in [1.29, 1.82) is 0 Å². The van der Waals surface area contributed by atoms with E-state index in [-0.39, 0.29) is 40.4 Å². The average molecular weight is 518 g/mol. The first-order valence-corrected chi connectivity index (χ1v) is 11.0. The zero-order valence-corrected chi connectivity index (χ0v) is 19.4. The van der Waals surface area contributed by atoms with Gasteiger partial charge < -0.3 is 11.1 Å². The Kier molecular flexibility index (Phi) is 5.39. The van der Waals surface area contributed by atoms with E-state index in [1.807, 2.05) is 19.1 Å². The smallest absolute Gasteiger partial charge is 0.383 e. The van der Waals surface area contributed by atoms with Crippen molar-refractivity contribution in [3.63, 3.8) is 0 Å². The topological polar surface area (TPSA) is 124 Å². The molecule has 3 N–H and O–H groups in total. The van der Waals surface area contributed by atoms with E-state index in [1.54, 1.807) is 19.1 Å². The minimum absolute atomic E-state index is 0.00369. The van der Waals surface area contributed by atoms with Crippen LogP contribution < -0.4 is 11.1 Å². The molecule has 4 heterocycles. The number of anilines is 2. The van der Waals surface area contributed by atoms with E-state index in [0.717, 1.165) is 11.9 Å². The molecule has 9 nitrogen and oxygen atoms in total. The number of hydrogen-bond acceptors (Lipinski definition) is 7. The lowest BCUT2D eigenvalue weighted by molar-refractivity contribution is -0.284. The summed E-state index contributed by atoms with van der Waals surface area (Å²) in [5.41, 5.74) is 6.99. The molecule has 1 aliphatic rings. The number of benzene rings is 1. The van der Waals surface area contributed by atoms with Gasteiger partial charge in [0, 0.05) is 6.42 Å². The number of amides is 1. The highest BCUT2D eigenvalue weighted by Crippen LogP contribution is 2.45. The second-order valence-electron chi connectivity index (χ2n) is 8.90. The molecule has 1 aromatic carbocycles. The molecule has 37 heavy (non-hydrogen) atoms. The Hall–Kier alpha value is -4.23. The number of carbonyl (C=O) groups is 1. The van der Waals surface area contributed by atoms with Crippen molar-refractivity contribution in [2.45, 2.75) is 44.2 Å². The van der Waals surface area contributed by atoms with E-state index in [0.29, 0.717) is 11.1 Å². The van der Waals surface area contributed by atoms with E-state index >= 15 is 0 Å². The highest BCUT2D eigenvalue weighted by molar-refractivity contribution is 6.09. The summed E-state index contributed by atoms with van der Waals surface area (Å²) in [4.78, 5) is 29.8. The summed E-state index contributed by atoms with van der Waals surface area (Å²) >= 11 is 0. The molecule has 4 aromatic rings. The highest BCUT2D eigenvalue weighted by Gasteiger charge is 2.56. The molecule has 0 fully saturated rings. The molecule has 14 heteroatoms. The summed E-state index contributed by atoms with van der Waals surface area (Å²) in [6.45, 7) is 3.60. The van der Waals surface area contributed by atoms with E-state index in [2.05, 4.69) is 30.4 Å². The van der Waals surface area contributed by atoms with Crippen molar-refractivity contribution in [1.82, 2.24) is 29.5 Å². The first kappa shape index (κ1) is 24.5. The summed E-state index contributed by atoms with van der Waals surface area (Å²) in [5, 5.41) is 6.64. The van der Waals surface area contributed by atoms with Crippen LogP contribution in [0.15, 0.2) is 36.8 Å². The van der Waals surface area contributed by atoms with Crippen LogP contribution in [-0.4, -0.2) is 47.6 Å². The number of carbonyl (C=O) groups excluding carboxylic acids is 1. The largest absolute Gasteiger partial charge is 0.453 e. The Labute approximate surface area is 206 Å². The molecule has 3 aromatic heterocycles. The number of aryl methyl sites for hydroxylation is 2. The molecule has 1 aliphatic heterocycles. The van der Waals surface area contributed by atoms with Crippen LogP contribution in [-0.2, 0) is 16.6 Å². The van der Waals surface area contributed by atoms with Crippen LogP contribution in [0.4, 0.5) is 33.6 Å². The van der Waals surface area contributed by atoms with Crippen LogP contribution >= 0.6 is 0 Å². The Morgan fingerprint density at radius 3 is 2.46 bits per heavy atom. The Morgan fingerprint density at radius 2 is 1.78 bits per heavy atom. The van der Waals surface area contributed by atoms with Gasteiger partial charge in [-0.05, 0) is 25.8 Å². The number of nitrogens with two attached hydrogens (primary N) is 1. The fraction of sp³-hybridized carbons (Fsp3) is 0.304. The van der Waals surface area contributed by atoms with Crippen LogP contribution in [0.2, 0.25) is 0 Å². The molecule has 0 bridgehead atoms. The lowest BCUT2D eigenvalue weighted by Gasteiger charge is -2.23. The Bertz CT molecular complexity index is 1530. The molecule has 5 rings (SSSR count). The number of rotatable bonds is 5. The normalized spacial score (nSPS) is 17.8. The van der Waals surface area contributed by atoms with Crippen LogP contribution in [0.25, 0.3) is 17.2 Å². The molecular formula is C23H19F5N8O. The summed E-state index contributed by atoms with van der Waals surface area (Å²) in [6.07, 6.45) is -5.53. The third-order valence-electron chi connectivity index (χ3n) is 6.40. The average Bonchev–Trinajstić information content (AvgIpc) is 3.40. The lowest BCUT2D eigenvalue weighted by atomic mass is 9.77. The minimum atomic E-state index is -5.70. The number of nitrogens with zero attached hydrogens (tertiary/aromatic N) is 6. The van der Waals surface area contributed by atoms with E-state index < -0.39 is 30.4 Å². The van der Waals surface area contributed by atoms with Gasteiger partial charge in [-0.1, -0.05) is 29.8 Å². The SMILES string of the molecule is Cc1ccc([C@]2(C)C(=O)Nc3nc(-c4cn5ncnc5c(CCC(F)(F)C(F)(F)F)n4)nc(N)c32)cc1. The standard InChI is InChI=1S/C23H19F5N8O/c1-11-3-5-12(6-4-11)21(2)15-16(29)33-17(34-18(15)35-20(21)37)14-9-36-19(30-10-31-36)13(32-14)7-8-22(24,25)23(26,27)28/h3-6,9-10H,7-8H2,1-2H3,(H3,29,33,34,35,37)/t21-/m0/s1. The molecule has 0 saturated carbocycles. The summed E-state index contributed by atoms with van der Waals surface area (Å²) < 4.78 is 66.3. The Balaban J connectivity index is 1.57. The van der Waals surface area contributed by atoms with E-state index in [4.69, 9.17) is 5.73 Å². The van der Waals surface area contributed by atoms with E-state index in [9.17, 15) is 26.7 Å². The fourth-order valence-corrected chi connectivity index (χ4v) is 4.27. The van der Waals surface area contributed by atoms with Crippen molar-refractivity contribution in [2.75, 3.05) is 11.1 Å². The van der Waals surface area contributed by atoms with Gasteiger partial charge in [0.1, 0.15) is 29.1 Å². The summed E-state index contributed by atoms with van der Waals surface area (Å²) in [7, 11) is 0. The number of nitrogens with one attached hydrogen (secondary N) is 1. The van der Waals surface area contributed by atoms with Crippen molar-refractivity contribution in [3.05, 3.63) is 59.2 Å². The van der Waals surface area contributed by atoms with Crippen LogP contribution in [0.5, 0.6) is 0 Å².